The van der Waals surface area contributed by atoms with E-state index in [1.165, 1.54) is 0 Å². The van der Waals surface area contributed by atoms with Crippen molar-refractivity contribution in [3.05, 3.63) is 35.0 Å². The Morgan fingerprint density at radius 1 is 1.62 bits per heavy atom. The maximum atomic E-state index is 10.4. The molecule has 0 radical (unpaired) electrons. The molecular formula is C8H8N2O3. The van der Waals surface area contributed by atoms with E-state index in [2.05, 4.69) is 10.2 Å². The molecule has 5 heteroatoms. The molecule has 0 amide bonds. The molecule has 0 saturated carbocycles. The number of nitrogens with zero attached hydrogens (tertiary/aromatic N) is 2. The van der Waals surface area contributed by atoms with E-state index < -0.39 is 12.0 Å². The van der Waals surface area contributed by atoms with Gasteiger partial charge in [-0.2, -0.15) is 0 Å². The number of nitroso groups, excluding NO2 is 1. The summed E-state index contributed by atoms with van der Waals surface area (Å²) in [5.74, 6) is -1.22. The summed E-state index contributed by atoms with van der Waals surface area (Å²) >= 11 is 0. The van der Waals surface area contributed by atoms with Gasteiger partial charge >= 0.3 is 5.97 Å². The van der Waals surface area contributed by atoms with Gasteiger partial charge in [0.2, 0.25) is 0 Å². The Labute approximate surface area is 74.4 Å². The highest BCUT2D eigenvalue weighted by Crippen LogP contribution is 2.02. The quantitative estimate of drug-likeness (QED) is 0.696. The van der Waals surface area contributed by atoms with E-state index in [1.807, 2.05) is 0 Å². The minimum Gasteiger partial charge on any atom is -0.480 e. The Balaban J connectivity index is 2.67. The molecule has 5 nitrogen and oxygen atoms in total. The molecule has 1 heterocycles. The van der Waals surface area contributed by atoms with Crippen LogP contribution >= 0.6 is 0 Å². The fourth-order valence-electron chi connectivity index (χ4n) is 0.887. The molecule has 1 aromatic heterocycles. The van der Waals surface area contributed by atoms with Crippen molar-refractivity contribution in [3.63, 3.8) is 0 Å². The van der Waals surface area contributed by atoms with E-state index >= 15 is 0 Å². The molecule has 13 heavy (non-hydrogen) atoms. The van der Waals surface area contributed by atoms with Crippen LogP contribution in [0.2, 0.25) is 0 Å². The van der Waals surface area contributed by atoms with Gasteiger partial charge in [0.25, 0.3) is 0 Å². The van der Waals surface area contributed by atoms with Crippen LogP contribution in [-0.4, -0.2) is 22.1 Å². The number of pyridine rings is 1. The summed E-state index contributed by atoms with van der Waals surface area (Å²) < 4.78 is 0. The second-order valence-corrected chi connectivity index (χ2v) is 2.48. The van der Waals surface area contributed by atoms with Crippen molar-refractivity contribution in [2.45, 2.75) is 12.5 Å². The summed E-state index contributed by atoms with van der Waals surface area (Å²) in [6.45, 7) is 0. The number of aliphatic carboxylic acids is 1. The second-order valence-electron chi connectivity index (χ2n) is 2.48. The predicted octanol–water partition coefficient (Wildman–Crippen LogP) is 0.844. The first kappa shape index (κ1) is 9.31. The van der Waals surface area contributed by atoms with Gasteiger partial charge in [0.05, 0.1) is 0 Å². The standard InChI is InChI=1S/C8H8N2O3/c11-8(12)7(10-13)5-6-3-1-2-4-9-6/h1-4,7H,5H2,(H,11,12)/t7-/m0/s1. The van der Waals surface area contributed by atoms with Crippen molar-refractivity contribution in [3.8, 4) is 0 Å². The average Bonchev–Trinajstić information content (AvgIpc) is 2.15. The fourth-order valence-corrected chi connectivity index (χ4v) is 0.887. The maximum Gasteiger partial charge on any atom is 0.332 e. The summed E-state index contributed by atoms with van der Waals surface area (Å²) in [5, 5.41) is 11.0. The molecule has 0 aliphatic heterocycles. The second kappa shape index (κ2) is 4.30. The first-order valence-electron chi connectivity index (χ1n) is 3.69. The van der Waals surface area contributed by atoms with Crippen molar-refractivity contribution in [2.24, 2.45) is 5.18 Å². The largest absolute Gasteiger partial charge is 0.480 e. The molecule has 0 aliphatic carbocycles. The maximum absolute atomic E-state index is 10.4. The Hall–Kier alpha value is -1.78. The molecule has 0 fully saturated rings. The predicted molar refractivity (Wildman–Crippen MR) is 45.2 cm³/mol. The van der Waals surface area contributed by atoms with Gasteiger partial charge < -0.3 is 5.11 Å². The molecule has 0 unspecified atom stereocenters. The molecule has 0 spiro atoms. The van der Waals surface area contributed by atoms with Crippen molar-refractivity contribution in [1.82, 2.24) is 4.98 Å². The van der Waals surface area contributed by atoms with Crippen molar-refractivity contribution < 1.29 is 9.90 Å². The molecular weight excluding hydrogens is 172 g/mol. The van der Waals surface area contributed by atoms with E-state index in [-0.39, 0.29) is 6.42 Å². The fraction of sp³-hybridized carbons (Fsp3) is 0.250. The van der Waals surface area contributed by atoms with Crippen LogP contribution in [0.5, 0.6) is 0 Å². The van der Waals surface area contributed by atoms with Crippen molar-refractivity contribution in [2.75, 3.05) is 0 Å². The number of carboxylic acid groups (broad SMARTS) is 1. The Kier molecular flexibility index (Phi) is 3.08. The molecule has 0 saturated heterocycles. The third kappa shape index (κ3) is 2.62. The number of hydrogen-bond acceptors (Lipinski definition) is 4. The van der Waals surface area contributed by atoms with Gasteiger partial charge in [0, 0.05) is 18.3 Å². The lowest BCUT2D eigenvalue weighted by molar-refractivity contribution is -0.138. The SMILES string of the molecule is O=N[C@@H](Cc1ccccn1)C(=O)O. The zero-order valence-corrected chi connectivity index (χ0v) is 6.75. The molecule has 0 aromatic carbocycles. The minimum absolute atomic E-state index is 0.0413. The molecule has 1 rings (SSSR count). The van der Waals surface area contributed by atoms with Gasteiger partial charge in [0.15, 0.2) is 6.04 Å². The van der Waals surface area contributed by atoms with Gasteiger partial charge in [-0.1, -0.05) is 11.2 Å². The Bertz CT molecular complexity index is 300. The van der Waals surface area contributed by atoms with E-state index in [4.69, 9.17) is 5.11 Å². The smallest absolute Gasteiger partial charge is 0.332 e. The molecule has 1 aromatic rings. The number of carbonyl (C=O) groups is 1. The van der Waals surface area contributed by atoms with E-state index in [0.29, 0.717) is 5.69 Å². The van der Waals surface area contributed by atoms with Crippen LogP contribution in [0.25, 0.3) is 0 Å². The molecule has 1 atom stereocenters. The number of aromatic nitrogens is 1. The van der Waals surface area contributed by atoms with Crippen LogP contribution in [0.4, 0.5) is 0 Å². The van der Waals surface area contributed by atoms with Gasteiger partial charge in [-0.3, -0.25) is 4.98 Å². The van der Waals surface area contributed by atoms with Crippen LogP contribution < -0.4 is 0 Å². The van der Waals surface area contributed by atoms with Crippen LogP contribution in [0.1, 0.15) is 5.69 Å². The summed E-state index contributed by atoms with van der Waals surface area (Å²) in [6.07, 6.45) is 1.58. The summed E-state index contributed by atoms with van der Waals surface area (Å²) in [6, 6.07) is 3.86. The van der Waals surface area contributed by atoms with Crippen LogP contribution in [0, 0.1) is 4.91 Å². The highest BCUT2D eigenvalue weighted by Gasteiger charge is 2.18. The number of hydrogen-bond donors (Lipinski definition) is 1. The first-order valence-corrected chi connectivity index (χ1v) is 3.69. The lowest BCUT2D eigenvalue weighted by Crippen LogP contribution is -2.20. The zero-order valence-electron chi connectivity index (χ0n) is 6.75. The molecule has 1 N–H and O–H groups in total. The van der Waals surface area contributed by atoms with Gasteiger partial charge in [0.1, 0.15) is 0 Å². The third-order valence-corrected chi connectivity index (χ3v) is 1.54. The van der Waals surface area contributed by atoms with Crippen LogP contribution in [-0.2, 0) is 11.2 Å². The molecule has 0 bridgehead atoms. The normalized spacial score (nSPS) is 12.0. The summed E-state index contributed by atoms with van der Waals surface area (Å²) in [4.78, 5) is 24.4. The molecule has 68 valence electrons. The topological polar surface area (TPSA) is 79.6 Å². The average molecular weight is 180 g/mol. The van der Waals surface area contributed by atoms with Crippen molar-refractivity contribution in [1.29, 1.82) is 0 Å². The Morgan fingerprint density at radius 3 is 2.85 bits per heavy atom. The monoisotopic (exact) mass is 180 g/mol. The van der Waals surface area contributed by atoms with Gasteiger partial charge in [-0.25, -0.2) is 4.79 Å². The molecule has 0 aliphatic rings. The third-order valence-electron chi connectivity index (χ3n) is 1.54. The van der Waals surface area contributed by atoms with E-state index in [1.54, 1.807) is 24.4 Å². The summed E-state index contributed by atoms with van der Waals surface area (Å²) in [5.41, 5.74) is 0.550. The lowest BCUT2D eigenvalue weighted by Gasteiger charge is -2.01. The zero-order chi connectivity index (χ0) is 9.68. The Morgan fingerprint density at radius 2 is 2.38 bits per heavy atom. The van der Waals surface area contributed by atoms with Gasteiger partial charge in [-0.15, -0.1) is 4.91 Å². The van der Waals surface area contributed by atoms with Crippen LogP contribution in [0.15, 0.2) is 29.6 Å². The van der Waals surface area contributed by atoms with E-state index in [9.17, 15) is 9.70 Å². The highest BCUT2D eigenvalue weighted by molar-refractivity contribution is 5.73. The van der Waals surface area contributed by atoms with Gasteiger partial charge in [-0.05, 0) is 12.1 Å². The minimum atomic E-state index is -1.24. The highest BCUT2D eigenvalue weighted by atomic mass is 16.4. The first-order chi connectivity index (χ1) is 6.24. The lowest BCUT2D eigenvalue weighted by atomic mass is 10.1. The summed E-state index contributed by atoms with van der Waals surface area (Å²) in [7, 11) is 0. The number of rotatable bonds is 4. The van der Waals surface area contributed by atoms with Crippen LogP contribution in [0.3, 0.4) is 0 Å². The van der Waals surface area contributed by atoms with E-state index in [0.717, 1.165) is 0 Å². The number of carboxylic acids is 1. The van der Waals surface area contributed by atoms with Crippen molar-refractivity contribution >= 4 is 5.97 Å².